The van der Waals surface area contributed by atoms with Gasteiger partial charge in [-0.2, -0.15) is 0 Å². The van der Waals surface area contributed by atoms with Gasteiger partial charge in [0.1, 0.15) is 5.82 Å². The highest BCUT2D eigenvalue weighted by atomic mass is 79.9. The van der Waals surface area contributed by atoms with Crippen molar-refractivity contribution in [3.8, 4) is 0 Å². The maximum Gasteiger partial charge on any atom is 0.139 e. The first-order chi connectivity index (χ1) is 8.59. The molecule has 2 rings (SSSR count). The predicted molar refractivity (Wildman–Crippen MR) is 75.1 cm³/mol. The molecule has 2 aromatic carbocycles. The van der Waals surface area contributed by atoms with Gasteiger partial charge in [-0.3, -0.25) is 4.21 Å². The third-order valence-electron chi connectivity index (χ3n) is 2.51. The molecular weight excluding hydrogens is 317 g/mol. The van der Waals surface area contributed by atoms with Gasteiger partial charge in [0.2, 0.25) is 0 Å². The van der Waals surface area contributed by atoms with Crippen molar-refractivity contribution in [2.45, 2.75) is 10.6 Å². The minimum atomic E-state index is -1.45. The Bertz CT molecular complexity index is 583. The summed E-state index contributed by atoms with van der Waals surface area (Å²) in [6.07, 6.45) is 0. The normalized spacial score (nSPS) is 12.3. The van der Waals surface area contributed by atoms with E-state index in [0.717, 1.165) is 10.0 Å². The van der Waals surface area contributed by atoms with E-state index in [2.05, 4.69) is 15.9 Å². The summed E-state index contributed by atoms with van der Waals surface area (Å²) in [5.41, 5.74) is 7.11. The molecule has 5 heteroatoms. The van der Waals surface area contributed by atoms with Gasteiger partial charge in [-0.25, -0.2) is 4.39 Å². The molecule has 2 N–H and O–H groups in total. The Balaban J connectivity index is 2.30. The van der Waals surface area contributed by atoms with Crippen LogP contribution < -0.4 is 5.73 Å². The Kier molecular flexibility index (Phi) is 4.14. The van der Waals surface area contributed by atoms with Gasteiger partial charge < -0.3 is 5.73 Å². The van der Waals surface area contributed by atoms with Gasteiger partial charge in [0.05, 0.1) is 21.4 Å². The minimum absolute atomic E-state index is 0.189. The molecule has 0 amide bonds. The van der Waals surface area contributed by atoms with E-state index in [4.69, 9.17) is 5.73 Å². The number of nitrogens with two attached hydrogens (primary N) is 1. The van der Waals surface area contributed by atoms with Crippen molar-refractivity contribution in [3.63, 3.8) is 0 Å². The second-order valence-electron chi connectivity index (χ2n) is 3.73. The summed E-state index contributed by atoms with van der Waals surface area (Å²) in [6, 6.07) is 11.4. The number of nitrogen functional groups attached to an aromatic ring is 1. The molecule has 0 aliphatic heterocycles. The molecule has 18 heavy (non-hydrogen) atoms. The lowest BCUT2D eigenvalue weighted by atomic mass is 10.2. The molecular formula is C13H11BrFNOS. The smallest absolute Gasteiger partial charge is 0.139 e. The monoisotopic (exact) mass is 327 g/mol. The van der Waals surface area contributed by atoms with Crippen LogP contribution in [0.5, 0.6) is 0 Å². The quantitative estimate of drug-likeness (QED) is 0.877. The van der Waals surface area contributed by atoms with Crippen molar-refractivity contribution >= 4 is 32.4 Å². The van der Waals surface area contributed by atoms with Gasteiger partial charge in [-0.15, -0.1) is 0 Å². The first kappa shape index (κ1) is 13.2. The topological polar surface area (TPSA) is 43.1 Å². The maximum absolute atomic E-state index is 13.5. The zero-order chi connectivity index (χ0) is 13.1. The molecule has 0 saturated carbocycles. The van der Waals surface area contributed by atoms with E-state index in [1.54, 1.807) is 24.3 Å². The van der Waals surface area contributed by atoms with Crippen LogP contribution in [0.2, 0.25) is 0 Å². The van der Waals surface area contributed by atoms with Gasteiger partial charge in [-0.1, -0.05) is 34.1 Å². The van der Waals surface area contributed by atoms with E-state index < -0.39 is 16.6 Å². The van der Waals surface area contributed by atoms with Crippen LogP contribution in [-0.4, -0.2) is 4.21 Å². The average Bonchev–Trinajstić information content (AvgIpc) is 2.34. The van der Waals surface area contributed by atoms with Crippen LogP contribution in [0.15, 0.2) is 51.8 Å². The van der Waals surface area contributed by atoms with E-state index in [0.29, 0.717) is 5.69 Å². The van der Waals surface area contributed by atoms with Crippen molar-refractivity contribution in [1.29, 1.82) is 0 Å². The fourth-order valence-corrected chi connectivity index (χ4v) is 3.53. The Labute approximate surface area is 116 Å². The third kappa shape index (κ3) is 2.79. The van der Waals surface area contributed by atoms with Crippen molar-refractivity contribution in [1.82, 2.24) is 0 Å². The molecule has 94 valence electrons. The summed E-state index contributed by atoms with van der Waals surface area (Å²) in [5.74, 6) is -0.268. The lowest BCUT2D eigenvalue weighted by Crippen LogP contribution is -2.03. The molecule has 0 spiro atoms. The average molecular weight is 328 g/mol. The molecule has 0 saturated heterocycles. The van der Waals surface area contributed by atoms with E-state index in [9.17, 15) is 8.60 Å². The molecule has 0 aliphatic rings. The summed E-state index contributed by atoms with van der Waals surface area (Å²) in [5, 5.41) is 0. The van der Waals surface area contributed by atoms with Gasteiger partial charge >= 0.3 is 0 Å². The van der Waals surface area contributed by atoms with Crippen LogP contribution in [0.25, 0.3) is 0 Å². The lowest BCUT2D eigenvalue weighted by Gasteiger charge is -2.08. The zero-order valence-electron chi connectivity index (χ0n) is 9.40. The summed E-state index contributed by atoms with van der Waals surface area (Å²) in [6.45, 7) is 0. The highest BCUT2D eigenvalue weighted by Gasteiger charge is 2.13. The number of benzene rings is 2. The Morgan fingerprint density at radius 2 is 1.89 bits per heavy atom. The zero-order valence-corrected chi connectivity index (χ0v) is 11.8. The summed E-state index contributed by atoms with van der Waals surface area (Å²) in [7, 11) is -1.45. The van der Waals surface area contributed by atoms with Crippen LogP contribution in [0.4, 0.5) is 10.1 Å². The number of hydrogen-bond acceptors (Lipinski definition) is 2. The van der Waals surface area contributed by atoms with Crippen LogP contribution in [0.1, 0.15) is 5.56 Å². The summed E-state index contributed by atoms with van der Waals surface area (Å²) in [4.78, 5) is 0.202. The van der Waals surface area contributed by atoms with E-state index >= 15 is 0 Å². The van der Waals surface area contributed by atoms with E-state index in [-0.39, 0.29) is 10.6 Å². The highest BCUT2D eigenvalue weighted by Crippen LogP contribution is 2.26. The molecule has 2 nitrogen and oxygen atoms in total. The second-order valence-corrected chi connectivity index (χ2v) is 6.00. The van der Waals surface area contributed by atoms with E-state index in [1.807, 2.05) is 6.07 Å². The van der Waals surface area contributed by atoms with Gasteiger partial charge in [0.15, 0.2) is 0 Å². The molecule has 1 unspecified atom stereocenters. The molecule has 0 aromatic heterocycles. The highest BCUT2D eigenvalue weighted by molar-refractivity contribution is 9.10. The van der Waals surface area contributed by atoms with Crippen LogP contribution >= 0.6 is 15.9 Å². The molecule has 1 atom stereocenters. The second kappa shape index (κ2) is 5.63. The Morgan fingerprint density at radius 3 is 2.56 bits per heavy atom. The Hall–Kier alpha value is -1.20. The summed E-state index contributed by atoms with van der Waals surface area (Å²) >= 11 is 3.36. The fraction of sp³-hybridized carbons (Fsp3) is 0.0769. The van der Waals surface area contributed by atoms with Crippen molar-refractivity contribution in [2.24, 2.45) is 0 Å². The molecule has 0 heterocycles. The number of halogens is 2. The minimum Gasteiger partial charge on any atom is -0.398 e. The first-order valence-corrected chi connectivity index (χ1v) is 7.36. The van der Waals surface area contributed by atoms with Crippen LogP contribution in [0, 0.1) is 5.82 Å². The van der Waals surface area contributed by atoms with Gasteiger partial charge in [0, 0.05) is 15.7 Å². The molecule has 2 aromatic rings. The van der Waals surface area contributed by atoms with Crippen molar-refractivity contribution < 1.29 is 8.60 Å². The molecule has 0 radical (unpaired) electrons. The maximum atomic E-state index is 13.5. The van der Waals surface area contributed by atoms with Crippen molar-refractivity contribution in [3.05, 3.63) is 58.3 Å². The number of hydrogen-bond donors (Lipinski definition) is 1. The molecule has 0 bridgehead atoms. The standard InChI is InChI=1S/C13H11BrFNOS/c14-10-4-3-6-12(16)9(10)8-18(17)13-7-2-1-5-11(13)15/h1-7H,8,16H2. The molecule has 0 fully saturated rings. The summed E-state index contributed by atoms with van der Waals surface area (Å²) < 4.78 is 26.4. The number of rotatable bonds is 3. The number of anilines is 1. The largest absolute Gasteiger partial charge is 0.398 e. The Morgan fingerprint density at radius 1 is 1.17 bits per heavy atom. The van der Waals surface area contributed by atoms with Crippen molar-refractivity contribution in [2.75, 3.05) is 5.73 Å². The lowest BCUT2D eigenvalue weighted by molar-refractivity contribution is 0.595. The predicted octanol–water partition coefficient (Wildman–Crippen LogP) is 3.48. The first-order valence-electron chi connectivity index (χ1n) is 5.25. The third-order valence-corrected chi connectivity index (χ3v) is 4.63. The molecule has 0 aliphatic carbocycles. The SMILES string of the molecule is Nc1cccc(Br)c1CS(=O)c1ccccc1F. The fourth-order valence-electron chi connectivity index (χ4n) is 1.57. The van der Waals surface area contributed by atoms with Gasteiger partial charge in [0.25, 0.3) is 0 Å². The van der Waals surface area contributed by atoms with E-state index in [1.165, 1.54) is 12.1 Å². The van der Waals surface area contributed by atoms with Crippen LogP contribution in [0.3, 0.4) is 0 Å². The van der Waals surface area contributed by atoms with Crippen LogP contribution in [-0.2, 0) is 16.6 Å². The van der Waals surface area contributed by atoms with Gasteiger partial charge in [-0.05, 0) is 24.3 Å².